The predicted molar refractivity (Wildman–Crippen MR) is 122 cm³/mol. The molecule has 6 rings (SSSR count). The Bertz CT molecular complexity index is 931. The maximum absolute atomic E-state index is 4.18. The van der Waals surface area contributed by atoms with Crippen molar-refractivity contribution in [2.45, 2.75) is 57.7 Å². The second-order valence-electron chi connectivity index (χ2n) is 9.31. The molecule has 0 aromatic heterocycles. The molecule has 3 saturated heterocycles. The fourth-order valence-electron chi connectivity index (χ4n) is 5.66. The number of nitrogens with one attached hydrogen (secondary N) is 1. The Balaban J connectivity index is 1.42. The number of nitrogens with zero attached hydrogens (tertiary/aromatic N) is 2. The van der Waals surface area contributed by atoms with Gasteiger partial charge in [-0.25, -0.2) is 0 Å². The maximum atomic E-state index is 4.18. The Morgan fingerprint density at radius 1 is 1.14 bits per heavy atom. The number of rotatable bonds is 6. The molecule has 2 aromatic carbocycles. The predicted octanol–water partition coefficient (Wildman–Crippen LogP) is 5.37. The van der Waals surface area contributed by atoms with Crippen LogP contribution in [-0.4, -0.2) is 42.0 Å². The van der Waals surface area contributed by atoms with Crippen LogP contribution < -0.4 is 5.32 Å². The number of piperidine rings is 1. The first kappa shape index (κ1) is 18.7. The number of hydrogen-bond donors (Lipinski definition) is 1. The van der Waals surface area contributed by atoms with Crippen molar-refractivity contribution in [1.82, 2.24) is 9.80 Å². The fourth-order valence-corrected chi connectivity index (χ4v) is 5.66. The second-order valence-corrected chi connectivity index (χ2v) is 9.31. The number of aryl methyl sites for hydroxylation is 1. The zero-order chi connectivity index (χ0) is 20.1. The zero-order valence-electron chi connectivity index (χ0n) is 18.0. The van der Waals surface area contributed by atoms with Crippen molar-refractivity contribution < 1.29 is 0 Å². The lowest BCUT2D eigenvalue weighted by Gasteiger charge is -2.58. The van der Waals surface area contributed by atoms with Crippen molar-refractivity contribution >= 4 is 5.69 Å². The van der Waals surface area contributed by atoms with Crippen LogP contribution in [0.15, 0.2) is 48.7 Å². The summed E-state index contributed by atoms with van der Waals surface area (Å²) in [7, 11) is 2.00. The van der Waals surface area contributed by atoms with Crippen molar-refractivity contribution in [3.05, 3.63) is 65.4 Å². The minimum atomic E-state index is 0.676. The van der Waals surface area contributed by atoms with Crippen LogP contribution in [0.5, 0.6) is 0 Å². The SMILES string of the molecule is C=C(C)N1C2CC1CN(Cc1cccc(-c3ccc(NC)c(C)c3)c1C1CC1)C2. The Hall–Kier alpha value is -2.26. The van der Waals surface area contributed by atoms with Crippen LogP contribution in [0.2, 0.25) is 0 Å². The lowest BCUT2D eigenvalue weighted by Crippen LogP contribution is -2.67. The number of piperazine rings is 1. The lowest BCUT2D eigenvalue weighted by molar-refractivity contribution is -0.0465. The van der Waals surface area contributed by atoms with E-state index in [0.717, 1.165) is 12.5 Å². The molecule has 4 fully saturated rings. The van der Waals surface area contributed by atoms with Crippen LogP contribution in [0.3, 0.4) is 0 Å². The quantitative estimate of drug-likeness (QED) is 0.718. The first-order chi connectivity index (χ1) is 14.0. The third-order valence-corrected chi connectivity index (χ3v) is 7.09. The van der Waals surface area contributed by atoms with Gasteiger partial charge in [0, 0.05) is 50.2 Å². The van der Waals surface area contributed by atoms with Gasteiger partial charge in [-0.1, -0.05) is 30.8 Å². The molecule has 2 bridgehead atoms. The highest BCUT2D eigenvalue weighted by atomic mass is 15.4. The van der Waals surface area contributed by atoms with E-state index >= 15 is 0 Å². The highest BCUT2D eigenvalue weighted by Crippen LogP contribution is 2.47. The van der Waals surface area contributed by atoms with Gasteiger partial charge in [-0.2, -0.15) is 0 Å². The van der Waals surface area contributed by atoms with Crippen LogP contribution in [0, 0.1) is 6.92 Å². The molecule has 0 amide bonds. The number of allylic oxidation sites excluding steroid dienone is 1. The van der Waals surface area contributed by atoms with Crippen molar-refractivity contribution in [1.29, 1.82) is 0 Å². The molecule has 1 N–H and O–H groups in total. The van der Waals surface area contributed by atoms with Gasteiger partial charge in [0.15, 0.2) is 0 Å². The number of fused-ring (bicyclic) bond motifs is 2. The van der Waals surface area contributed by atoms with Gasteiger partial charge in [0.05, 0.1) is 0 Å². The maximum Gasteiger partial charge on any atom is 0.0437 e. The Morgan fingerprint density at radius 3 is 2.52 bits per heavy atom. The molecule has 3 heterocycles. The molecule has 0 spiro atoms. The minimum Gasteiger partial charge on any atom is -0.388 e. The molecule has 2 atom stereocenters. The number of benzene rings is 2. The summed E-state index contributed by atoms with van der Waals surface area (Å²) in [6, 6.07) is 15.2. The summed E-state index contributed by atoms with van der Waals surface area (Å²) in [6.07, 6.45) is 4.02. The standard InChI is InChI=1S/C26H33N3/c1-17(2)29-22-13-23(29)16-28(15-22)14-21-6-5-7-24(26(21)19-8-9-19)20-10-11-25(27-4)18(3)12-20/h5-7,10-12,19,22-23,27H,1,8-9,13-16H2,2-4H3. The van der Waals surface area contributed by atoms with Gasteiger partial charge in [0.1, 0.15) is 0 Å². The zero-order valence-corrected chi connectivity index (χ0v) is 18.0. The first-order valence-electron chi connectivity index (χ1n) is 11.1. The molecule has 29 heavy (non-hydrogen) atoms. The molecule has 1 saturated carbocycles. The third kappa shape index (κ3) is 3.36. The van der Waals surface area contributed by atoms with E-state index in [1.165, 1.54) is 60.4 Å². The molecule has 0 radical (unpaired) electrons. The smallest absolute Gasteiger partial charge is 0.0437 e. The average molecular weight is 388 g/mol. The molecular formula is C26H33N3. The van der Waals surface area contributed by atoms with E-state index in [4.69, 9.17) is 0 Å². The van der Waals surface area contributed by atoms with Crippen molar-refractivity contribution in [3.8, 4) is 11.1 Å². The molecule has 2 unspecified atom stereocenters. The fraction of sp³-hybridized carbons (Fsp3) is 0.462. The monoisotopic (exact) mass is 387 g/mol. The van der Waals surface area contributed by atoms with E-state index in [-0.39, 0.29) is 0 Å². The van der Waals surface area contributed by atoms with Gasteiger partial charge >= 0.3 is 0 Å². The highest BCUT2D eigenvalue weighted by Gasteiger charge is 2.44. The van der Waals surface area contributed by atoms with E-state index in [1.54, 1.807) is 11.1 Å². The van der Waals surface area contributed by atoms with Gasteiger partial charge in [-0.05, 0) is 79.0 Å². The van der Waals surface area contributed by atoms with Gasteiger partial charge in [0.25, 0.3) is 0 Å². The Morgan fingerprint density at radius 2 is 1.90 bits per heavy atom. The largest absolute Gasteiger partial charge is 0.388 e. The molecule has 3 heteroatoms. The first-order valence-corrected chi connectivity index (χ1v) is 11.1. The summed E-state index contributed by atoms with van der Waals surface area (Å²) >= 11 is 0. The van der Waals surface area contributed by atoms with E-state index in [2.05, 4.69) is 71.9 Å². The normalized spacial score (nSPS) is 23.6. The average Bonchev–Trinajstić information content (AvgIpc) is 3.52. The Kier molecular flexibility index (Phi) is 4.66. The van der Waals surface area contributed by atoms with Gasteiger partial charge in [0.2, 0.25) is 0 Å². The summed E-state index contributed by atoms with van der Waals surface area (Å²) in [4.78, 5) is 5.22. The molecule has 3 nitrogen and oxygen atoms in total. The van der Waals surface area contributed by atoms with E-state index in [9.17, 15) is 0 Å². The molecule has 1 aliphatic carbocycles. The van der Waals surface area contributed by atoms with Crippen molar-refractivity contribution in [2.75, 3.05) is 25.5 Å². The summed E-state index contributed by atoms with van der Waals surface area (Å²) in [5.41, 5.74) is 9.73. The van der Waals surface area contributed by atoms with E-state index in [0.29, 0.717) is 12.1 Å². The summed E-state index contributed by atoms with van der Waals surface area (Å²) in [5, 5.41) is 3.29. The topological polar surface area (TPSA) is 18.5 Å². The van der Waals surface area contributed by atoms with Crippen LogP contribution in [-0.2, 0) is 6.54 Å². The third-order valence-electron chi connectivity index (χ3n) is 7.09. The van der Waals surface area contributed by atoms with E-state index < -0.39 is 0 Å². The minimum absolute atomic E-state index is 0.676. The van der Waals surface area contributed by atoms with Gasteiger partial charge in [-0.15, -0.1) is 0 Å². The van der Waals surface area contributed by atoms with Gasteiger partial charge < -0.3 is 10.2 Å². The van der Waals surface area contributed by atoms with Crippen LogP contribution in [0.4, 0.5) is 5.69 Å². The van der Waals surface area contributed by atoms with E-state index in [1.807, 2.05) is 7.05 Å². The van der Waals surface area contributed by atoms with Crippen LogP contribution in [0.1, 0.15) is 48.8 Å². The molecule has 4 aliphatic rings. The summed E-state index contributed by atoms with van der Waals surface area (Å²) in [5.74, 6) is 0.747. The number of anilines is 1. The second kappa shape index (κ2) is 7.21. The lowest BCUT2D eigenvalue weighted by atomic mass is 9.86. The summed E-state index contributed by atoms with van der Waals surface area (Å²) in [6.45, 7) is 12.0. The molecule has 3 aliphatic heterocycles. The van der Waals surface area contributed by atoms with Crippen molar-refractivity contribution in [3.63, 3.8) is 0 Å². The number of hydrogen-bond acceptors (Lipinski definition) is 3. The highest BCUT2D eigenvalue weighted by molar-refractivity contribution is 5.73. The van der Waals surface area contributed by atoms with Gasteiger partial charge in [-0.3, -0.25) is 4.90 Å². The van der Waals surface area contributed by atoms with Crippen LogP contribution >= 0.6 is 0 Å². The molecular weight excluding hydrogens is 354 g/mol. The molecule has 152 valence electrons. The molecule has 2 aromatic rings. The van der Waals surface area contributed by atoms with Crippen LogP contribution in [0.25, 0.3) is 11.1 Å². The summed E-state index contributed by atoms with van der Waals surface area (Å²) < 4.78 is 0. The van der Waals surface area contributed by atoms with Crippen molar-refractivity contribution in [2.24, 2.45) is 0 Å². The Labute approximate surface area is 175 Å².